The largest absolute Gasteiger partial charge is 0.391 e. The summed E-state index contributed by atoms with van der Waals surface area (Å²) in [6.45, 7) is 4.09. The molecule has 0 aliphatic carbocycles. The van der Waals surface area contributed by atoms with Crippen molar-refractivity contribution in [3.8, 4) is 0 Å². The van der Waals surface area contributed by atoms with Gasteiger partial charge in [0.15, 0.2) is 0 Å². The van der Waals surface area contributed by atoms with Crippen LogP contribution < -0.4 is 0 Å². The molecule has 0 saturated carbocycles. The number of nitrogens with zero attached hydrogens (tertiary/aromatic N) is 1. The van der Waals surface area contributed by atoms with Crippen LogP contribution in [0.3, 0.4) is 0 Å². The summed E-state index contributed by atoms with van der Waals surface area (Å²) in [6, 6.07) is 10.2. The summed E-state index contributed by atoms with van der Waals surface area (Å²) in [7, 11) is 4.01. The molecule has 2 nitrogen and oxygen atoms in total. The van der Waals surface area contributed by atoms with Gasteiger partial charge in [-0.2, -0.15) is 0 Å². The molecule has 2 atom stereocenters. The lowest BCUT2D eigenvalue weighted by molar-refractivity contribution is 0.0401. The van der Waals surface area contributed by atoms with Crippen molar-refractivity contribution in [2.45, 2.75) is 26.0 Å². The van der Waals surface area contributed by atoms with E-state index in [1.165, 1.54) is 5.56 Å². The molecule has 0 radical (unpaired) electrons. The summed E-state index contributed by atoms with van der Waals surface area (Å²) >= 11 is 0. The molecule has 0 bridgehead atoms. The van der Waals surface area contributed by atoms with Crippen molar-refractivity contribution in [2.24, 2.45) is 5.92 Å². The third-order valence-electron chi connectivity index (χ3n) is 2.70. The van der Waals surface area contributed by atoms with Gasteiger partial charge in [-0.15, -0.1) is 0 Å². The smallest absolute Gasteiger partial charge is 0.0759 e. The van der Waals surface area contributed by atoms with Crippen molar-refractivity contribution in [2.75, 3.05) is 14.1 Å². The van der Waals surface area contributed by atoms with Gasteiger partial charge in [0, 0.05) is 0 Å². The molecule has 2 heteroatoms. The zero-order valence-corrected chi connectivity index (χ0v) is 10.0. The molecule has 1 unspecified atom stereocenters. The lowest BCUT2D eigenvalue weighted by Crippen LogP contribution is -2.34. The molecule has 0 amide bonds. The van der Waals surface area contributed by atoms with Crippen molar-refractivity contribution in [1.29, 1.82) is 0 Å². The number of hydrogen-bond acceptors (Lipinski definition) is 2. The van der Waals surface area contributed by atoms with Gasteiger partial charge in [-0.25, -0.2) is 0 Å². The Morgan fingerprint density at radius 1 is 1.07 bits per heavy atom. The lowest BCUT2D eigenvalue weighted by atomic mass is 9.93. The number of hydrogen-bond donors (Lipinski definition) is 1. The van der Waals surface area contributed by atoms with E-state index in [2.05, 4.69) is 17.0 Å². The molecule has 0 spiro atoms. The first-order valence-electron chi connectivity index (χ1n) is 5.43. The van der Waals surface area contributed by atoms with Crippen LogP contribution in [0.1, 0.15) is 25.5 Å². The molecule has 0 aliphatic rings. The molecular formula is C13H21NO. The van der Waals surface area contributed by atoms with Crippen molar-refractivity contribution in [1.82, 2.24) is 4.90 Å². The van der Waals surface area contributed by atoms with Crippen molar-refractivity contribution in [3.05, 3.63) is 35.9 Å². The predicted octanol–water partition coefficient (Wildman–Crippen LogP) is 2.31. The molecule has 0 fully saturated rings. The third-order valence-corrected chi connectivity index (χ3v) is 2.70. The highest BCUT2D eigenvalue weighted by atomic mass is 16.3. The van der Waals surface area contributed by atoms with E-state index in [-0.39, 0.29) is 18.1 Å². The van der Waals surface area contributed by atoms with Gasteiger partial charge in [0.25, 0.3) is 0 Å². The quantitative estimate of drug-likeness (QED) is 0.819. The summed E-state index contributed by atoms with van der Waals surface area (Å²) in [5.74, 6) is 0.262. The van der Waals surface area contributed by atoms with Crippen LogP contribution in [0.5, 0.6) is 0 Å². The minimum absolute atomic E-state index is 0.0752. The Labute approximate surface area is 92.5 Å². The Balaban J connectivity index is 2.93. The fraction of sp³-hybridized carbons (Fsp3) is 0.538. The van der Waals surface area contributed by atoms with Crippen LogP contribution in [0.25, 0.3) is 0 Å². The molecule has 0 aliphatic heterocycles. The zero-order valence-electron chi connectivity index (χ0n) is 10.0. The fourth-order valence-electron chi connectivity index (χ4n) is 1.82. The number of benzene rings is 1. The van der Waals surface area contributed by atoms with Gasteiger partial charge in [0.2, 0.25) is 0 Å². The maximum Gasteiger partial charge on any atom is 0.0759 e. The highest BCUT2D eigenvalue weighted by molar-refractivity contribution is 5.20. The summed E-state index contributed by atoms with van der Waals surface area (Å²) < 4.78 is 0. The highest BCUT2D eigenvalue weighted by Crippen LogP contribution is 2.25. The van der Waals surface area contributed by atoms with Crippen LogP contribution in [-0.4, -0.2) is 30.2 Å². The average molecular weight is 207 g/mol. The summed E-state index contributed by atoms with van der Waals surface area (Å²) in [4.78, 5) is 2.07. The van der Waals surface area contributed by atoms with Crippen molar-refractivity contribution >= 4 is 0 Å². The fourth-order valence-corrected chi connectivity index (χ4v) is 1.82. The monoisotopic (exact) mass is 207 g/mol. The van der Waals surface area contributed by atoms with Crippen molar-refractivity contribution < 1.29 is 5.11 Å². The Morgan fingerprint density at radius 2 is 1.60 bits per heavy atom. The second-order valence-electron chi connectivity index (χ2n) is 4.55. The first-order valence-corrected chi connectivity index (χ1v) is 5.43. The van der Waals surface area contributed by atoms with Crippen molar-refractivity contribution in [3.63, 3.8) is 0 Å². The van der Waals surface area contributed by atoms with E-state index in [0.29, 0.717) is 0 Å². The predicted molar refractivity (Wildman–Crippen MR) is 63.7 cm³/mol. The van der Waals surface area contributed by atoms with Crippen LogP contribution in [-0.2, 0) is 0 Å². The summed E-state index contributed by atoms with van der Waals surface area (Å²) in [5, 5.41) is 10.2. The van der Waals surface area contributed by atoms with E-state index >= 15 is 0 Å². The van der Waals surface area contributed by atoms with Crippen LogP contribution in [0.2, 0.25) is 0 Å². The number of aliphatic hydroxyl groups is 1. The summed E-state index contributed by atoms with van der Waals surface area (Å²) in [5.41, 5.74) is 1.17. The van der Waals surface area contributed by atoms with Crippen LogP contribution in [0, 0.1) is 5.92 Å². The molecule has 0 saturated heterocycles. The van der Waals surface area contributed by atoms with E-state index < -0.39 is 0 Å². The van der Waals surface area contributed by atoms with Gasteiger partial charge in [-0.05, 0) is 25.6 Å². The van der Waals surface area contributed by atoms with Gasteiger partial charge >= 0.3 is 0 Å². The number of likely N-dealkylation sites (N-methyl/N-ethyl adjacent to an activating group) is 1. The first-order chi connectivity index (χ1) is 7.04. The summed E-state index contributed by atoms with van der Waals surface area (Å²) in [6.07, 6.45) is -0.331. The normalized spacial score (nSPS) is 15.7. The van der Waals surface area contributed by atoms with Crippen LogP contribution in [0.4, 0.5) is 0 Å². The van der Waals surface area contributed by atoms with Gasteiger partial charge in [-0.1, -0.05) is 44.2 Å². The molecule has 1 aromatic rings. The molecule has 1 aromatic carbocycles. The second kappa shape index (κ2) is 5.29. The van der Waals surface area contributed by atoms with E-state index in [0.717, 1.165) is 0 Å². The van der Waals surface area contributed by atoms with Gasteiger partial charge in [0.1, 0.15) is 0 Å². The zero-order chi connectivity index (χ0) is 11.4. The molecule has 0 aromatic heterocycles. The molecule has 15 heavy (non-hydrogen) atoms. The average Bonchev–Trinajstić information content (AvgIpc) is 2.18. The van der Waals surface area contributed by atoms with Crippen LogP contribution >= 0.6 is 0 Å². The third kappa shape index (κ3) is 3.05. The Kier molecular flexibility index (Phi) is 4.30. The van der Waals surface area contributed by atoms with Crippen LogP contribution in [0.15, 0.2) is 30.3 Å². The maximum atomic E-state index is 10.2. The Morgan fingerprint density at radius 3 is 2.00 bits per heavy atom. The second-order valence-corrected chi connectivity index (χ2v) is 4.55. The van der Waals surface area contributed by atoms with E-state index in [1.807, 2.05) is 46.1 Å². The molecular weight excluding hydrogens is 186 g/mol. The highest BCUT2D eigenvalue weighted by Gasteiger charge is 2.25. The van der Waals surface area contributed by atoms with E-state index in [4.69, 9.17) is 0 Å². The van der Waals surface area contributed by atoms with E-state index in [9.17, 15) is 5.11 Å². The molecule has 84 valence electrons. The lowest BCUT2D eigenvalue weighted by Gasteiger charge is -2.31. The molecule has 0 heterocycles. The Bertz CT molecular complexity index is 282. The number of rotatable bonds is 4. The van der Waals surface area contributed by atoms with Gasteiger partial charge in [0.05, 0.1) is 12.1 Å². The Hall–Kier alpha value is -0.860. The maximum absolute atomic E-state index is 10.2. The van der Waals surface area contributed by atoms with E-state index in [1.54, 1.807) is 0 Å². The molecule has 1 rings (SSSR count). The minimum Gasteiger partial charge on any atom is -0.391 e. The minimum atomic E-state index is -0.331. The SMILES string of the molecule is CC(C)[C@H](O)C(c1ccccc1)N(C)C. The topological polar surface area (TPSA) is 23.5 Å². The first kappa shape index (κ1) is 12.2. The number of aliphatic hydroxyl groups excluding tert-OH is 1. The van der Waals surface area contributed by atoms with Gasteiger partial charge in [-0.3, -0.25) is 0 Å². The van der Waals surface area contributed by atoms with Gasteiger partial charge < -0.3 is 10.0 Å². The standard InChI is InChI=1S/C13H21NO/c1-10(2)13(15)12(14(3)4)11-8-6-5-7-9-11/h5-10,12-13,15H,1-4H3/t12?,13-/m0/s1. The molecule has 1 N–H and O–H groups in total.